The first-order valence-corrected chi connectivity index (χ1v) is 22.8. The Kier molecular flexibility index (Phi) is 14.6. The Morgan fingerprint density at radius 2 is 1.85 bits per heavy atom. The van der Waals surface area contributed by atoms with Crippen LogP contribution in [0.15, 0.2) is 73.4 Å². The zero-order chi connectivity index (χ0) is 48.4. The van der Waals surface area contributed by atoms with Crippen molar-refractivity contribution in [1.29, 1.82) is 0 Å². The minimum atomic E-state index is -4.87. The maximum atomic E-state index is 14.6. The molecule has 4 amide bonds. The average Bonchev–Trinajstić information content (AvgIpc) is 3.93. The second kappa shape index (κ2) is 20.0. The molecule has 4 aromatic rings. The van der Waals surface area contributed by atoms with Crippen molar-refractivity contribution in [3.63, 3.8) is 0 Å². The number of carbonyl (C=O) groups is 5. The lowest BCUT2D eigenvalue weighted by molar-refractivity contribution is -0.163. The number of rotatable bonds is 10. The van der Waals surface area contributed by atoms with E-state index in [1.165, 1.54) is 9.91 Å². The van der Waals surface area contributed by atoms with Gasteiger partial charge in [-0.3, -0.25) is 34.0 Å². The molecule has 0 radical (unpaired) electrons. The zero-order valence-corrected chi connectivity index (χ0v) is 39.0. The van der Waals surface area contributed by atoms with Gasteiger partial charge in [-0.2, -0.15) is 13.2 Å². The van der Waals surface area contributed by atoms with Gasteiger partial charge in [-0.05, 0) is 92.1 Å². The Morgan fingerprint density at radius 3 is 2.57 bits per heavy atom. The second-order valence-corrected chi connectivity index (χ2v) is 18.6. The van der Waals surface area contributed by atoms with E-state index in [4.69, 9.17) is 14.5 Å². The van der Waals surface area contributed by atoms with Gasteiger partial charge in [0.2, 0.25) is 17.7 Å². The topological polar surface area (TPSA) is 155 Å². The summed E-state index contributed by atoms with van der Waals surface area (Å²) < 4.78 is 56.8. The van der Waals surface area contributed by atoms with Gasteiger partial charge in [0, 0.05) is 74.8 Å². The smallest absolute Gasteiger partial charge is 0.391 e. The number of hydrazine groups is 1. The molecule has 3 aliphatic rings. The van der Waals surface area contributed by atoms with Crippen LogP contribution in [0, 0.1) is 11.3 Å². The lowest BCUT2D eigenvalue weighted by Crippen LogP contribution is -2.62. The van der Waals surface area contributed by atoms with E-state index in [9.17, 15) is 37.1 Å². The number of alkyl halides is 3. The lowest BCUT2D eigenvalue weighted by atomic mass is 9.84. The highest BCUT2D eigenvalue weighted by Crippen LogP contribution is 2.42. The summed E-state index contributed by atoms with van der Waals surface area (Å²) in [5.74, 6) is -4.42. The van der Waals surface area contributed by atoms with Crippen molar-refractivity contribution in [2.75, 3.05) is 40.4 Å². The molecule has 2 aromatic carbocycles. The van der Waals surface area contributed by atoms with Crippen LogP contribution in [0.5, 0.6) is 0 Å². The van der Waals surface area contributed by atoms with E-state index in [0.717, 1.165) is 62.6 Å². The van der Waals surface area contributed by atoms with Gasteiger partial charge in [0.15, 0.2) is 0 Å². The fourth-order valence-corrected chi connectivity index (χ4v) is 9.61. The average molecular weight is 928 g/mol. The van der Waals surface area contributed by atoms with Gasteiger partial charge in [-0.25, -0.2) is 5.43 Å². The SMILES string of the molecule is C=CC(=O)N1CC[C@H](C(=O)N(C)[C@@H](CC(F)(F)F)C(=O)N[C@H]2Cc3cccc(c3)-c3ccc4c(c3)c(c(-c3cccnc3[C@H](C)OC)n4CC)CC(C)(C)COC(=O)[C@@H]3CCCN(N3)C2=O)C1. The van der Waals surface area contributed by atoms with Crippen molar-refractivity contribution in [2.45, 2.75) is 103 Å². The third kappa shape index (κ3) is 10.7. The van der Waals surface area contributed by atoms with Crippen molar-refractivity contribution >= 4 is 40.5 Å². The molecule has 17 heteroatoms. The molecule has 0 unspecified atom stereocenters. The Hall–Kier alpha value is -6.07. The predicted molar refractivity (Wildman–Crippen MR) is 246 cm³/mol. The van der Waals surface area contributed by atoms with E-state index >= 15 is 0 Å². The minimum Gasteiger partial charge on any atom is -0.464 e. The van der Waals surface area contributed by atoms with E-state index in [1.807, 2.05) is 57.2 Å². The van der Waals surface area contributed by atoms with Gasteiger partial charge in [-0.15, -0.1) is 0 Å². The van der Waals surface area contributed by atoms with E-state index in [2.05, 4.69) is 40.9 Å². The summed E-state index contributed by atoms with van der Waals surface area (Å²) in [5, 5.41) is 4.81. The van der Waals surface area contributed by atoms with Crippen LogP contribution in [0.25, 0.3) is 33.3 Å². The van der Waals surface area contributed by atoms with E-state index < -0.39 is 71.7 Å². The number of likely N-dealkylation sites (N-methyl/N-ethyl adjacent to an activating group) is 1. The van der Waals surface area contributed by atoms with E-state index in [0.29, 0.717) is 31.4 Å². The van der Waals surface area contributed by atoms with E-state index in [-0.39, 0.29) is 45.2 Å². The number of cyclic esters (lactones) is 1. The van der Waals surface area contributed by atoms with Crippen molar-refractivity contribution in [3.8, 4) is 22.4 Å². The normalized spacial score (nSPS) is 21.0. The number of aromatic nitrogens is 2. The van der Waals surface area contributed by atoms with Crippen molar-refractivity contribution < 1.29 is 46.6 Å². The summed E-state index contributed by atoms with van der Waals surface area (Å²) in [5.41, 5.74) is 9.38. The lowest BCUT2D eigenvalue weighted by Gasteiger charge is -2.36. The standard InChI is InChI=1S/C50H60F3N7O7/c1-8-42(61)58-22-19-34(28-58)46(63)57(6)41(27-50(51,52)53)45(62)55-39-24-31-13-10-14-32(23-31)33-17-18-40-36(25-33)37(44(59(40)9-2)35-15-11-20-54-43(35)30(3)66-7)26-49(4,5)29-67-48(65)38-16-12-21-60(56-38)47(39)64/h8,10-11,13-15,17-18,20,23,25,30,34,38-39,41,56H,1,9,12,16,19,21-22,24,26-29H2,2-7H3,(H,55,62)/t30-,34-,38-,39-,41-/m0/s1. The first-order valence-electron chi connectivity index (χ1n) is 22.8. The molecule has 0 aliphatic carbocycles. The number of ether oxygens (including phenoxy) is 2. The Bertz CT molecular complexity index is 2540. The Balaban J connectivity index is 1.30. The highest BCUT2D eigenvalue weighted by atomic mass is 19.4. The van der Waals surface area contributed by atoms with Crippen LogP contribution in [-0.4, -0.2) is 119 Å². The molecule has 7 rings (SSSR count). The number of likely N-dealkylation sites (tertiary alicyclic amines) is 1. The van der Waals surface area contributed by atoms with Crippen LogP contribution in [0.2, 0.25) is 0 Å². The number of aryl methyl sites for hydroxylation is 1. The van der Waals surface area contributed by atoms with Crippen LogP contribution in [0.3, 0.4) is 0 Å². The number of nitrogens with one attached hydrogen (secondary N) is 2. The summed E-state index contributed by atoms with van der Waals surface area (Å²) >= 11 is 0. The third-order valence-electron chi connectivity index (χ3n) is 13.2. The fraction of sp³-hybridized carbons (Fsp3) is 0.480. The summed E-state index contributed by atoms with van der Waals surface area (Å²) in [6.07, 6.45) is -2.68. The molecule has 67 heavy (non-hydrogen) atoms. The predicted octanol–water partition coefficient (Wildman–Crippen LogP) is 6.56. The molecule has 2 aromatic heterocycles. The minimum absolute atomic E-state index is 0.0352. The molecule has 2 fully saturated rings. The molecule has 358 valence electrons. The molecular weight excluding hydrogens is 868 g/mol. The van der Waals surface area contributed by atoms with E-state index in [1.54, 1.807) is 19.4 Å². The molecule has 2 N–H and O–H groups in total. The van der Waals surface area contributed by atoms with Crippen LogP contribution >= 0.6 is 0 Å². The number of benzene rings is 2. The molecule has 14 nitrogen and oxygen atoms in total. The van der Waals surface area contributed by atoms with Crippen LogP contribution in [-0.2, 0) is 52.8 Å². The van der Waals surface area contributed by atoms with Crippen LogP contribution in [0.4, 0.5) is 13.2 Å². The highest BCUT2D eigenvalue weighted by Gasteiger charge is 2.44. The van der Waals surface area contributed by atoms with Gasteiger partial charge in [-0.1, -0.05) is 50.8 Å². The molecular formula is C50H60F3N7O7. The number of hydrogen-bond donors (Lipinski definition) is 2. The number of hydrogen-bond acceptors (Lipinski definition) is 9. The quantitative estimate of drug-likeness (QED) is 0.133. The van der Waals surface area contributed by atoms with Crippen LogP contribution < -0.4 is 10.7 Å². The Labute approximate surface area is 388 Å². The number of methoxy groups -OCH3 is 1. The highest BCUT2D eigenvalue weighted by molar-refractivity contribution is 5.96. The maximum absolute atomic E-state index is 14.6. The monoisotopic (exact) mass is 927 g/mol. The number of carbonyl (C=O) groups excluding carboxylic acids is 5. The molecule has 2 saturated heterocycles. The number of fused-ring (bicyclic) bond motifs is 6. The van der Waals surface area contributed by atoms with Gasteiger partial charge in [0.05, 0.1) is 36.4 Å². The molecule has 0 saturated carbocycles. The molecule has 5 heterocycles. The first kappa shape index (κ1) is 48.9. The van der Waals surface area contributed by atoms with Crippen molar-refractivity contribution in [3.05, 3.63) is 90.3 Å². The summed E-state index contributed by atoms with van der Waals surface area (Å²) in [6, 6.07) is 13.2. The first-order chi connectivity index (χ1) is 31.8. The summed E-state index contributed by atoms with van der Waals surface area (Å²) in [7, 11) is 2.78. The van der Waals surface area contributed by atoms with Gasteiger partial charge >= 0.3 is 12.1 Å². The Morgan fingerprint density at radius 1 is 1.09 bits per heavy atom. The molecule has 6 bridgehead atoms. The zero-order valence-electron chi connectivity index (χ0n) is 39.0. The number of halogens is 3. The largest absolute Gasteiger partial charge is 0.464 e. The summed E-state index contributed by atoms with van der Waals surface area (Å²) in [4.78, 5) is 75.5. The van der Waals surface area contributed by atoms with Gasteiger partial charge in [0.25, 0.3) is 5.91 Å². The van der Waals surface area contributed by atoms with Gasteiger partial charge < -0.3 is 29.2 Å². The number of amides is 4. The summed E-state index contributed by atoms with van der Waals surface area (Å²) in [6.45, 7) is 12.6. The number of esters is 1. The van der Waals surface area contributed by atoms with Gasteiger partial charge in [0.1, 0.15) is 18.1 Å². The van der Waals surface area contributed by atoms with Crippen molar-refractivity contribution in [1.82, 2.24) is 35.1 Å². The molecule has 5 atom stereocenters. The molecule has 3 aliphatic heterocycles. The maximum Gasteiger partial charge on any atom is 0.391 e. The third-order valence-corrected chi connectivity index (χ3v) is 13.2. The number of pyridine rings is 1. The second-order valence-electron chi connectivity index (χ2n) is 18.6. The van der Waals surface area contributed by atoms with Crippen LogP contribution in [0.1, 0.15) is 76.3 Å². The molecule has 0 spiro atoms. The fourth-order valence-electron chi connectivity index (χ4n) is 9.61. The van der Waals surface area contributed by atoms with Crippen molar-refractivity contribution in [2.24, 2.45) is 11.3 Å². The number of nitrogens with zero attached hydrogens (tertiary/aromatic N) is 5.